The number of piperazine rings is 1. The Bertz CT molecular complexity index is 496. The molecule has 2 fully saturated rings. The van der Waals surface area contributed by atoms with Gasteiger partial charge in [0, 0.05) is 45.5 Å². The van der Waals surface area contributed by atoms with Crippen LogP contribution in [0, 0.1) is 0 Å². The van der Waals surface area contributed by atoms with Gasteiger partial charge in [-0.3, -0.25) is 9.88 Å². The van der Waals surface area contributed by atoms with E-state index in [4.69, 9.17) is 4.74 Å². The molecule has 3 heterocycles. The minimum atomic E-state index is -0.653. The topological polar surface area (TPSA) is 81.1 Å². The molecule has 4 atom stereocenters. The van der Waals surface area contributed by atoms with Gasteiger partial charge in [-0.15, -0.1) is 0 Å². The lowest BCUT2D eigenvalue weighted by Crippen LogP contribution is -2.56. The van der Waals surface area contributed by atoms with Crippen molar-refractivity contribution < 1.29 is 14.9 Å². The van der Waals surface area contributed by atoms with Crippen LogP contribution in [0.4, 0.5) is 0 Å². The lowest BCUT2D eigenvalue weighted by Gasteiger charge is -2.39. The Labute approximate surface area is 143 Å². The highest BCUT2D eigenvalue weighted by Crippen LogP contribution is 2.26. The average Bonchev–Trinajstić information content (AvgIpc) is 2.92. The van der Waals surface area contributed by atoms with Crippen molar-refractivity contribution in [3.63, 3.8) is 0 Å². The van der Waals surface area contributed by atoms with Crippen LogP contribution in [0.5, 0.6) is 0 Å². The van der Waals surface area contributed by atoms with Crippen molar-refractivity contribution in [2.75, 3.05) is 46.4 Å². The van der Waals surface area contributed by atoms with E-state index >= 15 is 0 Å². The molecule has 0 amide bonds. The monoisotopic (exact) mass is 336 g/mol. The highest BCUT2D eigenvalue weighted by atomic mass is 16.5. The Morgan fingerprint density at radius 2 is 2.04 bits per heavy atom. The Morgan fingerprint density at radius 1 is 1.25 bits per heavy atom. The van der Waals surface area contributed by atoms with Gasteiger partial charge in [0.05, 0.1) is 24.4 Å². The van der Waals surface area contributed by atoms with Gasteiger partial charge in [-0.05, 0) is 19.2 Å². The summed E-state index contributed by atoms with van der Waals surface area (Å²) in [5.41, 5.74) is 0.978. The number of aromatic nitrogens is 1. The zero-order valence-electron chi connectivity index (χ0n) is 14.2. The molecule has 2 saturated heterocycles. The second-order valence-corrected chi connectivity index (χ2v) is 6.67. The fourth-order valence-corrected chi connectivity index (χ4v) is 3.56. The minimum absolute atomic E-state index is 0.0768. The van der Waals surface area contributed by atoms with Gasteiger partial charge in [0.15, 0.2) is 0 Å². The van der Waals surface area contributed by atoms with Crippen LogP contribution in [0.2, 0.25) is 0 Å². The van der Waals surface area contributed by atoms with Gasteiger partial charge in [-0.1, -0.05) is 6.07 Å². The van der Waals surface area contributed by atoms with Gasteiger partial charge < -0.3 is 25.2 Å². The number of hydrogen-bond donors (Lipinski definition) is 3. The summed E-state index contributed by atoms with van der Waals surface area (Å²) in [6.07, 6.45) is 0.488. The molecule has 3 N–H and O–H groups in total. The molecule has 3 rings (SSSR count). The molecule has 1 aromatic rings. The normalized spacial score (nSPS) is 32.3. The van der Waals surface area contributed by atoms with E-state index in [1.54, 1.807) is 6.20 Å². The van der Waals surface area contributed by atoms with Gasteiger partial charge in [-0.2, -0.15) is 0 Å². The second-order valence-electron chi connectivity index (χ2n) is 6.67. The Kier molecular flexibility index (Phi) is 6.15. The molecule has 0 bridgehead atoms. The molecule has 134 valence electrons. The summed E-state index contributed by atoms with van der Waals surface area (Å²) in [5.74, 6) is 0. The number of nitrogens with one attached hydrogen (secondary N) is 1. The number of rotatable bonds is 6. The SMILES string of the molecule is CN1CCN([C@@H]2[C@H](O)[C@H](CO)O[C@@H]2CNCc2ccccn2)CC1. The summed E-state index contributed by atoms with van der Waals surface area (Å²) in [5, 5.41) is 23.4. The van der Waals surface area contributed by atoms with Crippen LogP contribution in [0.15, 0.2) is 24.4 Å². The third-order valence-electron chi connectivity index (χ3n) is 4.98. The van der Waals surface area contributed by atoms with E-state index in [2.05, 4.69) is 27.1 Å². The maximum atomic E-state index is 10.6. The van der Waals surface area contributed by atoms with Crippen LogP contribution in [0.1, 0.15) is 5.69 Å². The number of pyridine rings is 1. The number of likely N-dealkylation sites (N-methyl/N-ethyl adjacent to an activating group) is 1. The maximum Gasteiger partial charge on any atom is 0.109 e. The first-order chi connectivity index (χ1) is 11.7. The van der Waals surface area contributed by atoms with Gasteiger partial charge in [0.2, 0.25) is 0 Å². The highest BCUT2D eigenvalue weighted by molar-refractivity contribution is 5.04. The van der Waals surface area contributed by atoms with E-state index in [1.807, 2.05) is 18.2 Å². The van der Waals surface area contributed by atoms with Gasteiger partial charge >= 0.3 is 0 Å². The van der Waals surface area contributed by atoms with Crippen LogP contribution in [-0.4, -0.2) is 95.7 Å². The van der Waals surface area contributed by atoms with Crippen LogP contribution in [0.25, 0.3) is 0 Å². The molecule has 0 unspecified atom stereocenters. The third kappa shape index (κ3) is 4.11. The number of aliphatic hydroxyl groups is 2. The fourth-order valence-electron chi connectivity index (χ4n) is 3.56. The first kappa shape index (κ1) is 17.7. The van der Waals surface area contributed by atoms with E-state index in [0.717, 1.165) is 31.9 Å². The van der Waals surface area contributed by atoms with Crippen molar-refractivity contribution in [1.82, 2.24) is 20.1 Å². The van der Waals surface area contributed by atoms with Crippen LogP contribution in [-0.2, 0) is 11.3 Å². The van der Waals surface area contributed by atoms with Crippen LogP contribution in [0.3, 0.4) is 0 Å². The predicted octanol–water partition coefficient (Wildman–Crippen LogP) is -1.09. The zero-order valence-corrected chi connectivity index (χ0v) is 14.2. The molecule has 0 aliphatic carbocycles. The molecule has 7 nitrogen and oxygen atoms in total. The van der Waals surface area contributed by atoms with E-state index in [-0.39, 0.29) is 18.8 Å². The summed E-state index contributed by atoms with van der Waals surface area (Å²) < 4.78 is 5.92. The molecular weight excluding hydrogens is 308 g/mol. The molecular formula is C17H28N4O3. The molecule has 2 aliphatic heterocycles. The minimum Gasteiger partial charge on any atom is -0.394 e. The van der Waals surface area contributed by atoms with Crippen molar-refractivity contribution >= 4 is 0 Å². The lowest BCUT2D eigenvalue weighted by atomic mass is 10.0. The number of aliphatic hydroxyl groups excluding tert-OH is 2. The van der Waals surface area contributed by atoms with E-state index < -0.39 is 12.2 Å². The van der Waals surface area contributed by atoms with E-state index in [1.165, 1.54) is 0 Å². The molecule has 0 aromatic carbocycles. The summed E-state index contributed by atoms with van der Waals surface area (Å²) >= 11 is 0. The summed E-state index contributed by atoms with van der Waals surface area (Å²) in [7, 11) is 2.11. The quantitative estimate of drug-likeness (QED) is 0.609. The van der Waals surface area contributed by atoms with Gasteiger partial charge in [0.1, 0.15) is 12.2 Å². The molecule has 1 aromatic heterocycles. The smallest absolute Gasteiger partial charge is 0.109 e. The number of ether oxygens (including phenoxy) is 1. The van der Waals surface area contributed by atoms with Crippen molar-refractivity contribution in [2.24, 2.45) is 0 Å². The van der Waals surface area contributed by atoms with Crippen LogP contribution >= 0.6 is 0 Å². The Balaban J connectivity index is 1.58. The first-order valence-corrected chi connectivity index (χ1v) is 8.66. The average molecular weight is 336 g/mol. The lowest BCUT2D eigenvalue weighted by molar-refractivity contribution is -0.0213. The van der Waals surface area contributed by atoms with E-state index in [0.29, 0.717) is 13.1 Å². The van der Waals surface area contributed by atoms with Crippen LogP contribution < -0.4 is 5.32 Å². The molecule has 0 radical (unpaired) electrons. The molecule has 0 spiro atoms. The largest absolute Gasteiger partial charge is 0.394 e. The molecule has 2 aliphatic rings. The Hall–Kier alpha value is -1.09. The Morgan fingerprint density at radius 3 is 2.71 bits per heavy atom. The summed E-state index contributed by atoms with van der Waals surface area (Å²) in [6, 6.07) is 5.77. The van der Waals surface area contributed by atoms with Crippen molar-refractivity contribution in [3.05, 3.63) is 30.1 Å². The first-order valence-electron chi connectivity index (χ1n) is 8.66. The van der Waals surface area contributed by atoms with Gasteiger partial charge in [-0.25, -0.2) is 0 Å². The molecule has 24 heavy (non-hydrogen) atoms. The summed E-state index contributed by atoms with van der Waals surface area (Å²) in [4.78, 5) is 8.88. The predicted molar refractivity (Wildman–Crippen MR) is 90.6 cm³/mol. The van der Waals surface area contributed by atoms with Crippen molar-refractivity contribution in [2.45, 2.75) is 30.9 Å². The maximum absolute atomic E-state index is 10.6. The van der Waals surface area contributed by atoms with Crippen molar-refractivity contribution in [3.8, 4) is 0 Å². The fraction of sp³-hybridized carbons (Fsp3) is 0.706. The molecule has 0 saturated carbocycles. The number of nitrogens with zero attached hydrogens (tertiary/aromatic N) is 3. The standard InChI is InChI=1S/C17H28N4O3/c1-20-6-8-21(9-7-20)16-14(24-15(12-22)17(16)23)11-18-10-13-4-2-3-5-19-13/h2-5,14-18,22-23H,6-12H2,1H3/t14-,15+,16+,17-/m1/s1. The third-order valence-corrected chi connectivity index (χ3v) is 4.98. The number of hydrogen-bond acceptors (Lipinski definition) is 7. The van der Waals surface area contributed by atoms with Crippen molar-refractivity contribution in [1.29, 1.82) is 0 Å². The second kappa shape index (κ2) is 8.33. The zero-order chi connectivity index (χ0) is 16.9. The highest BCUT2D eigenvalue weighted by Gasteiger charge is 2.46. The van der Waals surface area contributed by atoms with Gasteiger partial charge in [0.25, 0.3) is 0 Å². The molecule has 7 heteroatoms. The summed E-state index contributed by atoms with van der Waals surface area (Å²) in [6.45, 7) is 4.94. The van der Waals surface area contributed by atoms with E-state index in [9.17, 15) is 10.2 Å².